The molecule has 5 nitrogen and oxygen atoms in total. The summed E-state index contributed by atoms with van der Waals surface area (Å²) in [5.41, 5.74) is 2.19. The molecule has 0 aliphatic rings. The molecule has 0 atom stereocenters. The second-order valence-electron chi connectivity index (χ2n) is 5.53. The topological polar surface area (TPSA) is 66.5 Å². The number of sulfonamides is 1. The molecular weight excluding hydrogens is 300 g/mol. The molecule has 0 saturated heterocycles. The van der Waals surface area contributed by atoms with Crippen molar-refractivity contribution < 1.29 is 13.2 Å². The van der Waals surface area contributed by atoms with E-state index in [2.05, 4.69) is 5.32 Å². The lowest BCUT2D eigenvalue weighted by molar-refractivity contribution is -0.121. The molecule has 0 fully saturated rings. The van der Waals surface area contributed by atoms with Gasteiger partial charge in [-0.2, -0.15) is 0 Å². The van der Waals surface area contributed by atoms with Gasteiger partial charge in [0.05, 0.1) is 6.26 Å². The number of carbonyl (C=O) groups is 1. The lowest BCUT2D eigenvalue weighted by atomic mass is 10.1. The summed E-state index contributed by atoms with van der Waals surface area (Å²) in [6.45, 7) is 5.19. The van der Waals surface area contributed by atoms with E-state index in [0.29, 0.717) is 13.1 Å². The first-order valence-electron chi connectivity index (χ1n) is 7.60. The Morgan fingerprint density at radius 1 is 1.27 bits per heavy atom. The minimum atomic E-state index is -3.25. The fourth-order valence-corrected chi connectivity index (χ4v) is 3.00. The maximum Gasteiger partial charge on any atom is 0.221 e. The van der Waals surface area contributed by atoms with Gasteiger partial charge < -0.3 is 5.32 Å². The second-order valence-corrected chi connectivity index (χ2v) is 7.51. The second kappa shape index (κ2) is 8.90. The van der Waals surface area contributed by atoms with E-state index in [-0.39, 0.29) is 18.9 Å². The molecule has 0 saturated carbocycles. The number of nitrogens with one attached hydrogen (secondary N) is 1. The fourth-order valence-electron chi connectivity index (χ4n) is 2.12. The highest BCUT2D eigenvalue weighted by atomic mass is 32.2. The van der Waals surface area contributed by atoms with Crippen LogP contribution in [0.2, 0.25) is 0 Å². The predicted molar refractivity (Wildman–Crippen MR) is 89.0 cm³/mol. The Morgan fingerprint density at radius 3 is 2.59 bits per heavy atom. The van der Waals surface area contributed by atoms with Crippen LogP contribution in [0.15, 0.2) is 24.3 Å². The van der Waals surface area contributed by atoms with Crippen LogP contribution in [0.4, 0.5) is 0 Å². The van der Waals surface area contributed by atoms with Gasteiger partial charge in [0.2, 0.25) is 15.9 Å². The Bertz CT molecular complexity index is 585. The first kappa shape index (κ1) is 18.6. The van der Waals surface area contributed by atoms with Crippen LogP contribution >= 0.6 is 0 Å². The van der Waals surface area contributed by atoms with Crippen LogP contribution < -0.4 is 5.32 Å². The van der Waals surface area contributed by atoms with Gasteiger partial charge in [-0.25, -0.2) is 12.7 Å². The van der Waals surface area contributed by atoms with E-state index < -0.39 is 10.0 Å². The van der Waals surface area contributed by atoms with Gasteiger partial charge in [-0.3, -0.25) is 4.79 Å². The van der Waals surface area contributed by atoms with Gasteiger partial charge in [-0.05, 0) is 18.9 Å². The molecule has 0 radical (unpaired) electrons. The lowest BCUT2D eigenvalue weighted by Crippen LogP contribution is -2.35. The lowest BCUT2D eigenvalue weighted by Gasteiger charge is -2.19. The number of benzene rings is 1. The zero-order valence-corrected chi connectivity index (χ0v) is 14.4. The fraction of sp³-hybridized carbons (Fsp3) is 0.562. The molecule has 0 unspecified atom stereocenters. The third-order valence-corrected chi connectivity index (χ3v) is 4.69. The van der Waals surface area contributed by atoms with Crippen molar-refractivity contribution in [3.8, 4) is 0 Å². The van der Waals surface area contributed by atoms with Gasteiger partial charge in [0.15, 0.2) is 0 Å². The van der Waals surface area contributed by atoms with E-state index in [4.69, 9.17) is 0 Å². The Morgan fingerprint density at radius 2 is 2.00 bits per heavy atom. The molecule has 0 spiro atoms. The predicted octanol–water partition coefficient (Wildman–Crippen LogP) is 2.06. The van der Waals surface area contributed by atoms with Crippen molar-refractivity contribution in [2.75, 3.05) is 19.3 Å². The number of rotatable bonds is 9. The average molecular weight is 326 g/mol. The Balaban J connectivity index is 2.43. The van der Waals surface area contributed by atoms with Crippen LogP contribution in [0.3, 0.4) is 0 Å². The molecule has 1 aromatic rings. The van der Waals surface area contributed by atoms with Crippen molar-refractivity contribution in [3.63, 3.8) is 0 Å². The summed E-state index contributed by atoms with van der Waals surface area (Å²) in [7, 11) is -3.25. The SMILES string of the molecule is CCCCN(CCC(=O)NCc1cccc(C)c1)S(C)(=O)=O. The summed E-state index contributed by atoms with van der Waals surface area (Å²) in [6.07, 6.45) is 3.10. The highest BCUT2D eigenvalue weighted by molar-refractivity contribution is 7.88. The number of hydrogen-bond donors (Lipinski definition) is 1. The van der Waals surface area contributed by atoms with Crippen molar-refractivity contribution in [1.29, 1.82) is 0 Å². The maximum absolute atomic E-state index is 11.9. The third kappa shape index (κ3) is 7.04. The summed E-state index contributed by atoms with van der Waals surface area (Å²) in [6, 6.07) is 7.93. The first-order valence-corrected chi connectivity index (χ1v) is 9.45. The largest absolute Gasteiger partial charge is 0.352 e. The number of hydrogen-bond acceptors (Lipinski definition) is 3. The molecule has 1 amide bonds. The molecule has 0 aliphatic carbocycles. The summed E-state index contributed by atoms with van der Waals surface area (Å²) in [4.78, 5) is 11.9. The number of unbranched alkanes of at least 4 members (excludes halogenated alkanes) is 1. The van der Waals surface area contributed by atoms with E-state index in [1.54, 1.807) is 0 Å². The van der Waals surface area contributed by atoms with Crippen LogP contribution in [0.25, 0.3) is 0 Å². The smallest absolute Gasteiger partial charge is 0.221 e. The summed E-state index contributed by atoms with van der Waals surface area (Å²) in [5, 5.41) is 2.83. The van der Waals surface area contributed by atoms with Gasteiger partial charge in [-0.15, -0.1) is 0 Å². The highest BCUT2D eigenvalue weighted by Crippen LogP contribution is 2.05. The Labute approximate surface area is 133 Å². The van der Waals surface area contributed by atoms with Gasteiger partial charge in [0.25, 0.3) is 0 Å². The van der Waals surface area contributed by atoms with E-state index in [1.807, 2.05) is 38.1 Å². The molecule has 1 aromatic carbocycles. The van der Waals surface area contributed by atoms with Crippen LogP contribution in [0, 0.1) is 6.92 Å². The molecule has 0 aromatic heterocycles. The molecule has 124 valence electrons. The van der Waals surface area contributed by atoms with Crippen molar-refractivity contribution >= 4 is 15.9 Å². The molecule has 0 heterocycles. The number of aryl methyl sites for hydroxylation is 1. The van der Waals surface area contributed by atoms with Crippen LogP contribution in [-0.4, -0.2) is 38.0 Å². The Hall–Kier alpha value is -1.40. The van der Waals surface area contributed by atoms with Gasteiger partial charge in [0.1, 0.15) is 0 Å². The zero-order valence-electron chi connectivity index (χ0n) is 13.6. The molecular formula is C16H26N2O3S. The van der Waals surface area contributed by atoms with Crippen LogP contribution in [0.5, 0.6) is 0 Å². The summed E-state index contributed by atoms with van der Waals surface area (Å²) in [5.74, 6) is -0.133. The van der Waals surface area contributed by atoms with E-state index >= 15 is 0 Å². The van der Waals surface area contributed by atoms with Crippen LogP contribution in [-0.2, 0) is 21.4 Å². The quantitative estimate of drug-likeness (QED) is 0.755. The monoisotopic (exact) mass is 326 g/mol. The number of nitrogens with zero attached hydrogens (tertiary/aromatic N) is 1. The zero-order chi connectivity index (χ0) is 16.6. The first-order chi connectivity index (χ1) is 10.3. The molecule has 6 heteroatoms. The number of amides is 1. The van der Waals surface area contributed by atoms with Crippen LogP contribution in [0.1, 0.15) is 37.3 Å². The highest BCUT2D eigenvalue weighted by Gasteiger charge is 2.16. The minimum absolute atomic E-state index is 0.133. The standard InChI is InChI=1S/C16H26N2O3S/c1-4-5-10-18(22(3,20)21)11-9-16(19)17-13-15-8-6-7-14(2)12-15/h6-8,12H,4-5,9-11,13H2,1-3H3,(H,17,19). The third-order valence-electron chi connectivity index (χ3n) is 3.39. The molecule has 1 N–H and O–H groups in total. The van der Waals surface area contributed by atoms with Crippen molar-refractivity contribution in [3.05, 3.63) is 35.4 Å². The number of carbonyl (C=O) groups excluding carboxylic acids is 1. The van der Waals surface area contributed by atoms with Gasteiger partial charge in [0, 0.05) is 26.1 Å². The van der Waals surface area contributed by atoms with E-state index in [9.17, 15) is 13.2 Å². The molecule has 0 aliphatic heterocycles. The van der Waals surface area contributed by atoms with Gasteiger partial charge in [-0.1, -0.05) is 43.2 Å². The minimum Gasteiger partial charge on any atom is -0.352 e. The normalized spacial score (nSPS) is 11.6. The molecule has 22 heavy (non-hydrogen) atoms. The van der Waals surface area contributed by atoms with Crippen molar-refractivity contribution in [2.45, 2.75) is 39.7 Å². The van der Waals surface area contributed by atoms with Crippen molar-refractivity contribution in [2.24, 2.45) is 0 Å². The summed E-state index contributed by atoms with van der Waals surface area (Å²) >= 11 is 0. The van der Waals surface area contributed by atoms with E-state index in [0.717, 1.165) is 24.0 Å². The molecule has 1 rings (SSSR count). The van der Waals surface area contributed by atoms with Gasteiger partial charge >= 0.3 is 0 Å². The average Bonchev–Trinajstić information content (AvgIpc) is 2.44. The van der Waals surface area contributed by atoms with Crippen molar-refractivity contribution in [1.82, 2.24) is 9.62 Å². The molecule has 0 bridgehead atoms. The summed E-state index contributed by atoms with van der Waals surface area (Å²) < 4.78 is 24.7. The van der Waals surface area contributed by atoms with E-state index in [1.165, 1.54) is 10.6 Å². The Kier molecular flexibility index (Phi) is 7.55. The maximum atomic E-state index is 11.9.